The third-order valence-corrected chi connectivity index (χ3v) is 2.40. The second-order valence-electron chi connectivity index (χ2n) is 4.26. The van der Waals surface area contributed by atoms with Crippen LogP contribution in [0.25, 0.3) is 6.08 Å². The highest BCUT2D eigenvalue weighted by molar-refractivity contribution is 5.52. The van der Waals surface area contributed by atoms with Crippen LogP contribution in [0.1, 0.15) is 25.0 Å². The first kappa shape index (κ1) is 11.6. The van der Waals surface area contributed by atoms with Gasteiger partial charge in [0.2, 0.25) is 12.0 Å². The molecule has 90 valence electrons. The van der Waals surface area contributed by atoms with E-state index in [0.29, 0.717) is 6.61 Å². The van der Waals surface area contributed by atoms with Crippen molar-refractivity contribution in [3.8, 4) is 5.75 Å². The Kier molecular flexibility index (Phi) is 2.85. The summed E-state index contributed by atoms with van der Waals surface area (Å²) >= 11 is 0. The first-order valence-electron chi connectivity index (χ1n) is 5.24. The van der Waals surface area contributed by atoms with Crippen LogP contribution in [-0.4, -0.2) is 10.7 Å². The van der Waals surface area contributed by atoms with Gasteiger partial charge in [-0.1, -0.05) is 6.07 Å². The summed E-state index contributed by atoms with van der Waals surface area (Å²) in [5.74, 6) is 0.144. The number of rotatable bonds is 2. The fourth-order valence-electron chi connectivity index (χ4n) is 1.61. The SMILES string of the molecule is CC1(C)OCc2cc(/C=C/[N+](=O)[O-])ccc2O1. The van der Waals surface area contributed by atoms with Crippen LogP contribution in [0.15, 0.2) is 24.4 Å². The minimum atomic E-state index is -0.620. The van der Waals surface area contributed by atoms with Gasteiger partial charge in [-0.25, -0.2) is 0 Å². The van der Waals surface area contributed by atoms with E-state index in [2.05, 4.69) is 0 Å². The van der Waals surface area contributed by atoms with E-state index in [0.717, 1.165) is 23.1 Å². The lowest BCUT2D eigenvalue weighted by molar-refractivity contribution is -0.400. The monoisotopic (exact) mass is 235 g/mol. The zero-order chi connectivity index (χ0) is 12.5. The highest BCUT2D eigenvalue weighted by Gasteiger charge is 2.26. The van der Waals surface area contributed by atoms with Gasteiger partial charge in [0, 0.05) is 25.5 Å². The van der Waals surface area contributed by atoms with Gasteiger partial charge in [0.1, 0.15) is 5.75 Å². The average Bonchev–Trinajstić information content (AvgIpc) is 2.25. The van der Waals surface area contributed by atoms with Crippen molar-refractivity contribution in [2.45, 2.75) is 26.2 Å². The van der Waals surface area contributed by atoms with E-state index in [4.69, 9.17) is 9.47 Å². The number of nitrogens with zero attached hydrogens (tertiary/aromatic N) is 1. The lowest BCUT2D eigenvalue weighted by Crippen LogP contribution is -2.35. The smallest absolute Gasteiger partial charge is 0.235 e. The summed E-state index contributed by atoms with van der Waals surface area (Å²) in [6.07, 6.45) is 2.36. The van der Waals surface area contributed by atoms with Crippen molar-refractivity contribution >= 4 is 6.08 Å². The van der Waals surface area contributed by atoms with Gasteiger partial charge in [-0.2, -0.15) is 0 Å². The fourth-order valence-corrected chi connectivity index (χ4v) is 1.61. The molecule has 0 fully saturated rings. The first-order valence-corrected chi connectivity index (χ1v) is 5.24. The Bertz CT molecular complexity index is 479. The van der Waals surface area contributed by atoms with Gasteiger partial charge in [-0.05, 0) is 17.7 Å². The molecule has 0 aliphatic carbocycles. The normalized spacial score (nSPS) is 17.5. The Labute approximate surface area is 98.8 Å². The minimum Gasteiger partial charge on any atom is -0.463 e. The first-order chi connectivity index (χ1) is 7.96. The fraction of sp³-hybridized carbons (Fsp3) is 0.333. The molecule has 17 heavy (non-hydrogen) atoms. The maximum atomic E-state index is 10.2. The van der Waals surface area contributed by atoms with Crippen molar-refractivity contribution in [3.63, 3.8) is 0 Å². The minimum absolute atomic E-state index is 0.447. The molecule has 0 aromatic heterocycles. The molecule has 0 amide bonds. The third kappa shape index (κ3) is 2.82. The topological polar surface area (TPSA) is 61.6 Å². The molecule has 0 spiro atoms. The molecular formula is C12H13NO4. The molecule has 2 rings (SSSR count). The average molecular weight is 235 g/mol. The van der Waals surface area contributed by atoms with E-state index in [1.54, 1.807) is 12.1 Å². The number of ether oxygens (including phenoxy) is 2. The zero-order valence-electron chi connectivity index (χ0n) is 9.67. The van der Waals surface area contributed by atoms with E-state index < -0.39 is 10.7 Å². The van der Waals surface area contributed by atoms with Crippen LogP contribution in [0.2, 0.25) is 0 Å². The molecular weight excluding hydrogens is 222 g/mol. The Morgan fingerprint density at radius 1 is 1.47 bits per heavy atom. The lowest BCUT2D eigenvalue weighted by atomic mass is 10.1. The number of hydrogen-bond acceptors (Lipinski definition) is 4. The molecule has 0 saturated heterocycles. The van der Waals surface area contributed by atoms with E-state index >= 15 is 0 Å². The van der Waals surface area contributed by atoms with Crippen molar-refractivity contribution in [2.24, 2.45) is 0 Å². The Morgan fingerprint density at radius 3 is 2.94 bits per heavy atom. The molecule has 0 unspecified atom stereocenters. The molecule has 0 radical (unpaired) electrons. The molecule has 0 N–H and O–H groups in total. The van der Waals surface area contributed by atoms with Gasteiger partial charge in [-0.15, -0.1) is 0 Å². The van der Waals surface area contributed by atoms with Crippen molar-refractivity contribution in [1.29, 1.82) is 0 Å². The summed E-state index contributed by atoms with van der Waals surface area (Å²) in [5.41, 5.74) is 1.65. The van der Waals surface area contributed by atoms with Crippen LogP contribution in [-0.2, 0) is 11.3 Å². The van der Waals surface area contributed by atoms with Crippen molar-refractivity contribution < 1.29 is 14.4 Å². The van der Waals surface area contributed by atoms with Gasteiger partial charge < -0.3 is 9.47 Å². The van der Waals surface area contributed by atoms with Gasteiger partial charge >= 0.3 is 0 Å². The standard InChI is InChI=1S/C12H13NO4/c1-12(2)16-8-10-7-9(5-6-13(14)15)3-4-11(10)17-12/h3-7H,8H2,1-2H3/b6-5+. The molecule has 1 aliphatic heterocycles. The molecule has 5 heteroatoms. The van der Waals surface area contributed by atoms with Crippen LogP contribution >= 0.6 is 0 Å². The van der Waals surface area contributed by atoms with Crippen molar-refractivity contribution in [3.05, 3.63) is 45.6 Å². The van der Waals surface area contributed by atoms with Gasteiger partial charge in [0.15, 0.2) is 0 Å². The van der Waals surface area contributed by atoms with Crippen LogP contribution in [0, 0.1) is 10.1 Å². The molecule has 0 atom stereocenters. The zero-order valence-corrected chi connectivity index (χ0v) is 9.67. The lowest BCUT2D eigenvalue weighted by Gasteiger charge is -2.32. The van der Waals surface area contributed by atoms with Crippen LogP contribution < -0.4 is 4.74 Å². The molecule has 1 aromatic carbocycles. The second-order valence-corrected chi connectivity index (χ2v) is 4.26. The summed E-state index contributed by atoms with van der Waals surface area (Å²) < 4.78 is 11.1. The predicted molar refractivity (Wildman–Crippen MR) is 62.0 cm³/mol. The second kappa shape index (κ2) is 4.18. The number of benzene rings is 1. The predicted octanol–water partition coefficient (Wildman–Crippen LogP) is 2.58. The molecule has 1 heterocycles. The van der Waals surface area contributed by atoms with Crippen molar-refractivity contribution in [1.82, 2.24) is 0 Å². The van der Waals surface area contributed by atoms with E-state index in [-0.39, 0.29) is 0 Å². The van der Waals surface area contributed by atoms with Gasteiger partial charge in [0.25, 0.3) is 0 Å². The highest BCUT2D eigenvalue weighted by atomic mass is 16.7. The molecule has 5 nitrogen and oxygen atoms in total. The molecule has 1 aromatic rings. The maximum Gasteiger partial charge on any atom is 0.235 e. The van der Waals surface area contributed by atoms with Crippen molar-refractivity contribution in [2.75, 3.05) is 0 Å². The number of hydrogen-bond donors (Lipinski definition) is 0. The number of nitro groups is 1. The van der Waals surface area contributed by atoms with E-state index in [1.165, 1.54) is 6.08 Å². The molecule has 1 aliphatic rings. The van der Waals surface area contributed by atoms with E-state index in [1.807, 2.05) is 19.9 Å². The van der Waals surface area contributed by atoms with Gasteiger partial charge in [0.05, 0.1) is 11.5 Å². The molecule has 0 bridgehead atoms. The summed E-state index contributed by atoms with van der Waals surface area (Å²) in [5, 5.41) is 10.2. The van der Waals surface area contributed by atoms with Gasteiger partial charge in [-0.3, -0.25) is 10.1 Å². The summed E-state index contributed by atoms with van der Waals surface area (Å²) in [4.78, 5) is 9.73. The third-order valence-electron chi connectivity index (χ3n) is 2.40. The summed E-state index contributed by atoms with van der Waals surface area (Å²) in [7, 11) is 0. The quantitative estimate of drug-likeness (QED) is 0.583. The van der Waals surface area contributed by atoms with Crippen LogP contribution in [0.4, 0.5) is 0 Å². The maximum absolute atomic E-state index is 10.2. The Balaban J connectivity index is 2.24. The Hall–Kier alpha value is -1.88. The number of fused-ring (bicyclic) bond motifs is 1. The Morgan fingerprint density at radius 2 is 2.24 bits per heavy atom. The molecule has 0 saturated carbocycles. The van der Waals surface area contributed by atoms with Crippen LogP contribution in [0.3, 0.4) is 0 Å². The van der Waals surface area contributed by atoms with Crippen LogP contribution in [0.5, 0.6) is 5.75 Å². The largest absolute Gasteiger partial charge is 0.463 e. The summed E-state index contributed by atoms with van der Waals surface area (Å²) in [6.45, 7) is 4.13. The van der Waals surface area contributed by atoms with E-state index in [9.17, 15) is 10.1 Å². The summed E-state index contributed by atoms with van der Waals surface area (Å²) in [6, 6.07) is 5.41. The highest BCUT2D eigenvalue weighted by Crippen LogP contribution is 2.31.